The Labute approximate surface area is 121 Å². The van der Waals surface area contributed by atoms with E-state index in [0.29, 0.717) is 0 Å². The molecule has 0 aliphatic heterocycles. The molecule has 0 radical (unpaired) electrons. The minimum absolute atomic E-state index is 0.0870. The largest absolute Gasteiger partial charge is 0.297 e. The number of nitrogens with two attached hydrogens (primary N) is 1. The van der Waals surface area contributed by atoms with Gasteiger partial charge in [0.05, 0.1) is 11.7 Å². The molecule has 3 aromatic heterocycles. The van der Waals surface area contributed by atoms with Crippen LogP contribution in [0.4, 0.5) is 0 Å². The number of fused-ring (bicyclic) bond motifs is 1. The van der Waals surface area contributed by atoms with E-state index in [1.54, 1.807) is 22.7 Å². The summed E-state index contributed by atoms with van der Waals surface area (Å²) in [5.41, 5.74) is 3.91. The van der Waals surface area contributed by atoms with Crippen molar-refractivity contribution < 1.29 is 0 Å². The van der Waals surface area contributed by atoms with Crippen LogP contribution in [-0.2, 0) is 6.42 Å². The molecule has 3 N–H and O–H groups in total. The fourth-order valence-electron chi connectivity index (χ4n) is 1.86. The summed E-state index contributed by atoms with van der Waals surface area (Å²) in [5.74, 6) is 5.65. The van der Waals surface area contributed by atoms with Crippen LogP contribution >= 0.6 is 38.6 Å². The first kappa shape index (κ1) is 12.3. The molecule has 0 aliphatic carbocycles. The van der Waals surface area contributed by atoms with E-state index < -0.39 is 0 Å². The zero-order valence-corrected chi connectivity index (χ0v) is 12.6. The Balaban J connectivity index is 1.86. The van der Waals surface area contributed by atoms with Crippen LogP contribution in [0.2, 0.25) is 0 Å². The minimum Gasteiger partial charge on any atom is -0.297 e. The molecule has 3 aromatic rings. The summed E-state index contributed by atoms with van der Waals surface area (Å²) in [4.78, 5) is 6.80. The second-order valence-corrected chi connectivity index (χ2v) is 6.56. The predicted octanol–water partition coefficient (Wildman–Crippen LogP) is 2.97. The number of nitrogens with zero attached hydrogens (tertiary/aromatic N) is 2. The van der Waals surface area contributed by atoms with Crippen LogP contribution in [0, 0.1) is 0 Å². The predicted molar refractivity (Wildman–Crippen MR) is 78.9 cm³/mol. The van der Waals surface area contributed by atoms with Crippen molar-refractivity contribution >= 4 is 43.6 Å². The molecule has 0 amide bonds. The molecule has 0 fully saturated rings. The minimum atomic E-state index is 0.0870. The van der Waals surface area contributed by atoms with Gasteiger partial charge in [0.1, 0.15) is 0 Å². The summed E-state index contributed by atoms with van der Waals surface area (Å²) < 4.78 is 3.13. The zero-order valence-electron chi connectivity index (χ0n) is 9.34. The van der Waals surface area contributed by atoms with Crippen LogP contribution in [0.1, 0.15) is 16.6 Å². The molecule has 0 spiro atoms. The monoisotopic (exact) mass is 342 g/mol. The van der Waals surface area contributed by atoms with E-state index in [9.17, 15) is 0 Å². The Kier molecular flexibility index (Phi) is 3.49. The van der Waals surface area contributed by atoms with Gasteiger partial charge in [-0.15, -0.1) is 22.7 Å². The smallest absolute Gasteiger partial charge is 0.193 e. The number of rotatable bonds is 4. The van der Waals surface area contributed by atoms with Gasteiger partial charge in [-0.25, -0.2) is 4.98 Å². The molecule has 0 aliphatic rings. The summed E-state index contributed by atoms with van der Waals surface area (Å²) >= 11 is 6.87. The quantitative estimate of drug-likeness (QED) is 0.566. The van der Waals surface area contributed by atoms with Crippen molar-refractivity contribution in [1.29, 1.82) is 0 Å². The van der Waals surface area contributed by atoms with Crippen molar-refractivity contribution in [2.24, 2.45) is 5.84 Å². The summed E-state index contributed by atoms with van der Waals surface area (Å²) in [6, 6.07) is 2.12. The van der Waals surface area contributed by atoms with Crippen molar-refractivity contribution in [2.45, 2.75) is 12.5 Å². The van der Waals surface area contributed by atoms with Crippen LogP contribution in [0.3, 0.4) is 0 Å². The summed E-state index contributed by atoms with van der Waals surface area (Å²) in [7, 11) is 0. The number of aromatic nitrogens is 2. The normalized spacial score (nSPS) is 13.2. The summed E-state index contributed by atoms with van der Waals surface area (Å²) in [6.45, 7) is 0. The maximum absolute atomic E-state index is 5.65. The van der Waals surface area contributed by atoms with Crippen molar-refractivity contribution in [3.05, 3.63) is 44.3 Å². The molecule has 1 atom stereocenters. The van der Waals surface area contributed by atoms with Crippen molar-refractivity contribution in [3.63, 3.8) is 0 Å². The molecule has 94 valence electrons. The molecule has 0 saturated carbocycles. The molecule has 18 heavy (non-hydrogen) atoms. The van der Waals surface area contributed by atoms with E-state index in [2.05, 4.69) is 37.9 Å². The van der Waals surface area contributed by atoms with Crippen molar-refractivity contribution in [3.8, 4) is 0 Å². The molecular weight excluding hydrogens is 332 g/mol. The summed E-state index contributed by atoms with van der Waals surface area (Å²) in [5, 5.41) is 4.08. The van der Waals surface area contributed by atoms with Crippen LogP contribution in [0.5, 0.6) is 0 Å². The number of thiophene rings is 1. The average Bonchev–Trinajstić information content (AvgIpc) is 3.01. The Bertz CT molecular complexity index is 628. The Morgan fingerprint density at radius 3 is 3.00 bits per heavy atom. The Morgan fingerprint density at radius 1 is 1.44 bits per heavy atom. The molecule has 1 unspecified atom stereocenters. The van der Waals surface area contributed by atoms with E-state index in [-0.39, 0.29) is 6.04 Å². The van der Waals surface area contributed by atoms with Gasteiger partial charge in [-0.3, -0.25) is 15.7 Å². The van der Waals surface area contributed by atoms with E-state index >= 15 is 0 Å². The van der Waals surface area contributed by atoms with Gasteiger partial charge in [-0.2, -0.15) is 0 Å². The zero-order chi connectivity index (χ0) is 12.5. The SMILES string of the molecule is NNC(Cc1cn2ccsc2n1)c1sccc1Br. The highest BCUT2D eigenvalue weighted by Gasteiger charge is 2.17. The molecule has 7 heteroatoms. The average molecular weight is 343 g/mol. The molecule has 0 saturated heterocycles. The molecule has 3 heterocycles. The summed E-state index contributed by atoms with van der Waals surface area (Å²) in [6.07, 6.45) is 4.85. The van der Waals surface area contributed by atoms with Crippen molar-refractivity contribution in [1.82, 2.24) is 14.8 Å². The topological polar surface area (TPSA) is 55.3 Å². The van der Waals surface area contributed by atoms with Gasteiger partial charge in [-0.1, -0.05) is 0 Å². The number of hydrogen-bond acceptors (Lipinski definition) is 5. The standard InChI is InChI=1S/C11H11BrN4S2/c12-8-1-3-17-10(8)9(15-13)5-7-6-16-2-4-18-11(16)14-7/h1-4,6,9,15H,5,13H2. The number of nitrogens with one attached hydrogen (secondary N) is 1. The van der Waals surface area contributed by atoms with Gasteiger partial charge >= 0.3 is 0 Å². The number of halogens is 1. The molecular formula is C11H11BrN4S2. The first-order chi connectivity index (χ1) is 8.78. The van der Waals surface area contributed by atoms with Crippen molar-refractivity contribution in [2.75, 3.05) is 0 Å². The van der Waals surface area contributed by atoms with Gasteiger partial charge in [0, 0.05) is 33.5 Å². The van der Waals surface area contributed by atoms with E-state index in [1.165, 1.54) is 4.88 Å². The maximum Gasteiger partial charge on any atom is 0.193 e. The lowest BCUT2D eigenvalue weighted by Gasteiger charge is -2.13. The van der Waals surface area contributed by atoms with Crippen LogP contribution in [0.25, 0.3) is 4.96 Å². The highest BCUT2D eigenvalue weighted by atomic mass is 79.9. The maximum atomic E-state index is 5.65. The third-order valence-corrected chi connectivity index (χ3v) is 5.47. The molecule has 0 aromatic carbocycles. The van der Waals surface area contributed by atoms with E-state index in [0.717, 1.165) is 21.5 Å². The second-order valence-electron chi connectivity index (χ2n) is 3.88. The third-order valence-electron chi connectivity index (χ3n) is 2.72. The Morgan fingerprint density at radius 2 is 2.33 bits per heavy atom. The van der Waals surface area contributed by atoms with Crippen LogP contribution in [-0.4, -0.2) is 9.38 Å². The number of hydrogen-bond donors (Lipinski definition) is 2. The Hall–Kier alpha value is -0.730. The van der Waals surface area contributed by atoms with E-state index in [1.807, 2.05) is 22.0 Å². The lowest BCUT2D eigenvalue weighted by atomic mass is 10.1. The molecule has 0 bridgehead atoms. The third kappa shape index (κ3) is 2.24. The first-order valence-corrected chi connectivity index (χ1v) is 7.93. The van der Waals surface area contributed by atoms with Gasteiger partial charge < -0.3 is 0 Å². The van der Waals surface area contributed by atoms with Gasteiger partial charge in [0.15, 0.2) is 4.96 Å². The number of imidazole rings is 1. The molecule has 4 nitrogen and oxygen atoms in total. The van der Waals surface area contributed by atoms with Gasteiger partial charge in [-0.05, 0) is 27.4 Å². The number of thiazole rings is 1. The van der Waals surface area contributed by atoms with Gasteiger partial charge in [0.2, 0.25) is 0 Å². The van der Waals surface area contributed by atoms with Crippen LogP contribution < -0.4 is 11.3 Å². The fourth-order valence-corrected chi connectivity index (χ4v) is 4.29. The number of hydrazine groups is 1. The van der Waals surface area contributed by atoms with Crippen LogP contribution in [0.15, 0.2) is 33.7 Å². The molecule has 3 rings (SSSR count). The highest BCUT2D eigenvalue weighted by Crippen LogP contribution is 2.30. The highest BCUT2D eigenvalue weighted by molar-refractivity contribution is 9.10. The second kappa shape index (κ2) is 5.10. The first-order valence-electron chi connectivity index (χ1n) is 5.38. The van der Waals surface area contributed by atoms with E-state index in [4.69, 9.17) is 5.84 Å². The fraction of sp³-hybridized carbons (Fsp3) is 0.182. The lowest BCUT2D eigenvalue weighted by molar-refractivity contribution is 0.554. The van der Waals surface area contributed by atoms with Gasteiger partial charge in [0.25, 0.3) is 0 Å². The lowest BCUT2D eigenvalue weighted by Crippen LogP contribution is -2.29.